The Labute approximate surface area is 121 Å². The molecule has 1 fully saturated rings. The van der Waals surface area contributed by atoms with Crippen LogP contribution in [0.5, 0.6) is 0 Å². The molecule has 0 unspecified atom stereocenters. The Hall–Kier alpha value is 0.0500. The maximum Gasteiger partial charge on any atom is 0.250 e. The number of hydrogen-bond acceptors (Lipinski definition) is 4. The number of thiophene rings is 1. The standard InChI is InChI=1S/C11H17BrN2O2S2/c1-9-8-10(17-11(9)12)18(15,16)13-4-7-14-5-2-3-6-14/h8,13H,2-7H2,1H3. The fourth-order valence-electron chi connectivity index (χ4n) is 1.98. The molecule has 18 heavy (non-hydrogen) atoms. The average Bonchev–Trinajstić information content (AvgIpc) is 2.90. The van der Waals surface area contributed by atoms with Crippen LogP contribution < -0.4 is 4.72 Å². The van der Waals surface area contributed by atoms with Crippen LogP contribution >= 0.6 is 27.3 Å². The lowest BCUT2D eigenvalue weighted by Gasteiger charge is -2.14. The Morgan fingerprint density at radius 1 is 1.44 bits per heavy atom. The molecule has 1 N–H and O–H groups in total. The summed E-state index contributed by atoms with van der Waals surface area (Å²) in [7, 11) is -3.34. The fourth-order valence-corrected chi connectivity index (χ4v) is 5.27. The van der Waals surface area contributed by atoms with Crippen LogP contribution in [-0.4, -0.2) is 39.5 Å². The van der Waals surface area contributed by atoms with Gasteiger partial charge in [0.2, 0.25) is 10.0 Å². The molecule has 1 aromatic heterocycles. The molecule has 2 rings (SSSR count). The minimum absolute atomic E-state index is 0.383. The van der Waals surface area contributed by atoms with Gasteiger partial charge >= 0.3 is 0 Å². The topological polar surface area (TPSA) is 49.4 Å². The zero-order chi connectivity index (χ0) is 13.2. The molecule has 0 atom stereocenters. The summed E-state index contributed by atoms with van der Waals surface area (Å²) in [6, 6.07) is 1.70. The highest BCUT2D eigenvalue weighted by Gasteiger charge is 2.18. The molecule has 0 spiro atoms. The molecular weight excluding hydrogens is 336 g/mol. The van der Waals surface area contributed by atoms with Gasteiger partial charge in [0.15, 0.2) is 0 Å². The fraction of sp³-hybridized carbons (Fsp3) is 0.636. The second kappa shape index (κ2) is 6.00. The maximum atomic E-state index is 12.0. The van der Waals surface area contributed by atoms with Crippen molar-refractivity contribution in [1.82, 2.24) is 9.62 Å². The molecule has 0 bridgehead atoms. The third-order valence-electron chi connectivity index (χ3n) is 3.02. The zero-order valence-corrected chi connectivity index (χ0v) is 13.5. The first-order valence-electron chi connectivity index (χ1n) is 5.97. The summed E-state index contributed by atoms with van der Waals surface area (Å²) >= 11 is 4.61. The molecule has 4 nitrogen and oxygen atoms in total. The molecule has 0 amide bonds. The molecule has 0 aromatic carbocycles. The monoisotopic (exact) mass is 352 g/mol. The summed E-state index contributed by atoms with van der Waals surface area (Å²) in [4.78, 5) is 2.29. The van der Waals surface area contributed by atoms with Crippen LogP contribution in [0.25, 0.3) is 0 Å². The summed E-state index contributed by atoms with van der Waals surface area (Å²) in [5.74, 6) is 0. The van der Waals surface area contributed by atoms with Crippen LogP contribution in [0.3, 0.4) is 0 Å². The third-order valence-corrected chi connectivity index (χ3v) is 7.09. The lowest BCUT2D eigenvalue weighted by atomic mass is 10.4. The van der Waals surface area contributed by atoms with Gasteiger partial charge < -0.3 is 4.90 Å². The van der Waals surface area contributed by atoms with Gasteiger partial charge in [0.05, 0.1) is 3.79 Å². The summed E-state index contributed by atoms with van der Waals surface area (Å²) < 4.78 is 28.0. The van der Waals surface area contributed by atoms with E-state index in [1.165, 1.54) is 24.2 Å². The first kappa shape index (κ1) is 14.5. The highest BCUT2D eigenvalue weighted by Crippen LogP contribution is 2.30. The van der Waals surface area contributed by atoms with Gasteiger partial charge in [-0.05, 0) is 60.4 Å². The number of nitrogens with zero attached hydrogens (tertiary/aromatic N) is 1. The predicted molar refractivity (Wildman–Crippen MR) is 77.6 cm³/mol. The van der Waals surface area contributed by atoms with E-state index in [1.807, 2.05) is 6.92 Å². The Kier molecular flexibility index (Phi) is 4.82. The summed E-state index contributed by atoms with van der Waals surface area (Å²) in [6.07, 6.45) is 2.45. The first-order chi connectivity index (χ1) is 8.49. The normalized spacial score (nSPS) is 17.4. The van der Waals surface area contributed by atoms with Crippen molar-refractivity contribution >= 4 is 37.3 Å². The number of likely N-dealkylation sites (tertiary alicyclic amines) is 1. The smallest absolute Gasteiger partial charge is 0.250 e. The van der Waals surface area contributed by atoms with Gasteiger partial charge in [-0.2, -0.15) is 0 Å². The summed E-state index contributed by atoms with van der Waals surface area (Å²) in [5, 5.41) is 0. The molecule has 7 heteroatoms. The van der Waals surface area contributed by atoms with Crippen molar-refractivity contribution < 1.29 is 8.42 Å². The highest BCUT2D eigenvalue weighted by molar-refractivity contribution is 9.11. The Morgan fingerprint density at radius 2 is 2.11 bits per heavy atom. The first-order valence-corrected chi connectivity index (χ1v) is 9.06. The molecule has 1 aliphatic rings. The van der Waals surface area contributed by atoms with E-state index in [1.54, 1.807) is 6.07 Å². The number of sulfonamides is 1. The van der Waals surface area contributed by atoms with Crippen molar-refractivity contribution in [2.24, 2.45) is 0 Å². The number of nitrogens with one attached hydrogen (secondary N) is 1. The van der Waals surface area contributed by atoms with Crippen LogP contribution in [0.15, 0.2) is 14.1 Å². The molecule has 0 aliphatic carbocycles. The second-order valence-corrected chi connectivity index (χ2v) is 8.83. The number of aryl methyl sites for hydroxylation is 1. The van der Waals surface area contributed by atoms with E-state index in [4.69, 9.17) is 0 Å². The molecule has 1 aromatic rings. The lowest BCUT2D eigenvalue weighted by molar-refractivity contribution is 0.344. The zero-order valence-electron chi connectivity index (χ0n) is 10.3. The SMILES string of the molecule is Cc1cc(S(=O)(=O)NCCN2CCCC2)sc1Br. The van der Waals surface area contributed by atoms with Gasteiger partial charge in [-0.3, -0.25) is 0 Å². The molecule has 1 aliphatic heterocycles. The van der Waals surface area contributed by atoms with E-state index in [0.29, 0.717) is 10.8 Å². The lowest BCUT2D eigenvalue weighted by Crippen LogP contribution is -2.33. The van der Waals surface area contributed by atoms with Gasteiger partial charge in [0, 0.05) is 13.1 Å². The van der Waals surface area contributed by atoms with Crippen molar-refractivity contribution in [3.63, 3.8) is 0 Å². The van der Waals surface area contributed by atoms with Gasteiger partial charge in [-0.1, -0.05) is 0 Å². The number of hydrogen-bond donors (Lipinski definition) is 1. The van der Waals surface area contributed by atoms with Gasteiger partial charge in [0.1, 0.15) is 4.21 Å². The molecule has 0 saturated carbocycles. The third kappa shape index (κ3) is 3.54. The summed E-state index contributed by atoms with van der Waals surface area (Å²) in [5.41, 5.74) is 0.958. The predicted octanol–water partition coefficient (Wildman–Crippen LogP) is 2.19. The van der Waals surface area contributed by atoms with Crippen LogP contribution in [0.4, 0.5) is 0 Å². The molecule has 102 valence electrons. The molecule has 0 radical (unpaired) electrons. The van der Waals surface area contributed by atoms with Gasteiger partial charge in [-0.15, -0.1) is 11.3 Å². The minimum atomic E-state index is -3.34. The van der Waals surface area contributed by atoms with Crippen LogP contribution in [0.1, 0.15) is 18.4 Å². The van der Waals surface area contributed by atoms with E-state index in [2.05, 4.69) is 25.6 Å². The Balaban J connectivity index is 1.90. The van der Waals surface area contributed by atoms with E-state index in [9.17, 15) is 8.42 Å². The Bertz CT molecular complexity index is 488. The van der Waals surface area contributed by atoms with E-state index >= 15 is 0 Å². The second-order valence-electron chi connectivity index (χ2n) is 4.47. The number of halogens is 1. The minimum Gasteiger partial charge on any atom is -0.302 e. The Morgan fingerprint density at radius 3 is 2.67 bits per heavy atom. The van der Waals surface area contributed by atoms with E-state index < -0.39 is 10.0 Å². The van der Waals surface area contributed by atoms with Crippen molar-refractivity contribution in [3.05, 3.63) is 15.4 Å². The molecule has 2 heterocycles. The quantitative estimate of drug-likeness (QED) is 0.883. The number of rotatable bonds is 5. The van der Waals surface area contributed by atoms with Crippen molar-refractivity contribution in [1.29, 1.82) is 0 Å². The van der Waals surface area contributed by atoms with E-state index in [0.717, 1.165) is 29.0 Å². The molecular formula is C11H17BrN2O2S2. The molecule has 1 saturated heterocycles. The van der Waals surface area contributed by atoms with Crippen molar-refractivity contribution in [2.45, 2.75) is 24.0 Å². The largest absolute Gasteiger partial charge is 0.302 e. The van der Waals surface area contributed by atoms with Crippen molar-refractivity contribution in [2.75, 3.05) is 26.2 Å². The highest BCUT2D eigenvalue weighted by atomic mass is 79.9. The summed E-state index contributed by atoms with van der Waals surface area (Å²) in [6.45, 7) is 5.35. The van der Waals surface area contributed by atoms with Gasteiger partial charge in [0.25, 0.3) is 0 Å². The van der Waals surface area contributed by atoms with Gasteiger partial charge in [-0.25, -0.2) is 13.1 Å². The van der Waals surface area contributed by atoms with E-state index in [-0.39, 0.29) is 0 Å². The van der Waals surface area contributed by atoms with Crippen LogP contribution in [0.2, 0.25) is 0 Å². The maximum absolute atomic E-state index is 12.0. The van der Waals surface area contributed by atoms with Crippen LogP contribution in [-0.2, 0) is 10.0 Å². The average molecular weight is 353 g/mol. The van der Waals surface area contributed by atoms with Crippen molar-refractivity contribution in [3.8, 4) is 0 Å². The van der Waals surface area contributed by atoms with Crippen LogP contribution in [0, 0.1) is 6.92 Å².